The molecule has 0 spiro atoms. The van der Waals surface area contributed by atoms with Gasteiger partial charge in [-0.3, -0.25) is 4.79 Å². The zero-order chi connectivity index (χ0) is 11.4. The largest absolute Gasteiger partial charge is 0.481 e. The molecule has 0 radical (unpaired) electrons. The molecule has 7 heteroatoms. The first-order chi connectivity index (χ1) is 7.00. The summed E-state index contributed by atoms with van der Waals surface area (Å²) in [4.78, 5) is 16.8. The Balaban J connectivity index is 2.66. The van der Waals surface area contributed by atoms with E-state index in [1.54, 1.807) is 0 Å². The molecule has 0 aromatic carbocycles. The highest BCUT2D eigenvalue weighted by molar-refractivity contribution is 5.67. The molecule has 2 N–H and O–H groups in total. The molecule has 0 fully saturated rings. The van der Waals surface area contributed by atoms with Gasteiger partial charge in [0, 0.05) is 6.54 Å². The highest BCUT2D eigenvalue weighted by Gasteiger charge is 2.09. The highest BCUT2D eigenvalue weighted by Crippen LogP contribution is 2.09. The van der Waals surface area contributed by atoms with Gasteiger partial charge < -0.3 is 10.4 Å². The molecule has 0 saturated heterocycles. The summed E-state index contributed by atoms with van der Waals surface area (Å²) in [6.45, 7) is 1.23. The van der Waals surface area contributed by atoms with Gasteiger partial charge in [0.15, 0.2) is 0 Å². The molecule has 0 atom stereocenters. The van der Waals surface area contributed by atoms with E-state index in [1.807, 2.05) is 0 Å². The Morgan fingerprint density at radius 2 is 1.93 bits per heavy atom. The van der Waals surface area contributed by atoms with Gasteiger partial charge in [0.2, 0.25) is 17.8 Å². The summed E-state index contributed by atoms with van der Waals surface area (Å²) in [6, 6.07) is 0. The molecule has 0 aliphatic rings. The van der Waals surface area contributed by atoms with E-state index in [1.165, 1.54) is 6.92 Å². The molecule has 1 aromatic rings. The van der Waals surface area contributed by atoms with E-state index in [0.717, 1.165) is 0 Å². The van der Waals surface area contributed by atoms with Gasteiger partial charge in [0.25, 0.3) is 0 Å². The lowest BCUT2D eigenvalue weighted by Gasteiger charge is -2.04. The molecule has 5 nitrogen and oxygen atoms in total. The first kappa shape index (κ1) is 11.3. The number of aromatic nitrogens is 2. The first-order valence-electron chi connectivity index (χ1n) is 4.16. The van der Waals surface area contributed by atoms with Crippen molar-refractivity contribution in [3.8, 4) is 0 Å². The normalized spacial score (nSPS) is 10.1. The van der Waals surface area contributed by atoms with Gasteiger partial charge >= 0.3 is 5.97 Å². The van der Waals surface area contributed by atoms with Crippen LogP contribution in [-0.2, 0) is 4.79 Å². The summed E-state index contributed by atoms with van der Waals surface area (Å²) in [7, 11) is 0. The van der Waals surface area contributed by atoms with E-state index in [0.29, 0.717) is 0 Å². The second-order valence-electron chi connectivity index (χ2n) is 2.82. The molecule has 0 unspecified atom stereocenters. The van der Waals surface area contributed by atoms with Crippen molar-refractivity contribution >= 4 is 11.9 Å². The summed E-state index contributed by atoms with van der Waals surface area (Å²) in [5, 5.41) is 10.7. The van der Waals surface area contributed by atoms with Crippen LogP contribution in [0.2, 0.25) is 0 Å². The maximum Gasteiger partial charge on any atom is 0.305 e. The molecule has 0 amide bonds. The standard InChI is InChI=1S/C8H9F2N3O2/c1-4-6(9)12-8(13-7(4)10)11-3-2-5(14)15/h2-3H2,1H3,(H,14,15)(H,11,12,13). The lowest BCUT2D eigenvalue weighted by molar-refractivity contribution is -0.136. The second kappa shape index (κ2) is 4.63. The summed E-state index contributed by atoms with van der Waals surface area (Å²) >= 11 is 0. The van der Waals surface area contributed by atoms with Crippen molar-refractivity contribution in [1.29, 1.82) is 0 Å². The third kappa shape index (κ3) is 3.12. The number of carbonyl (C=O) groups is 1. The van der Waals surface area contributed by atoms with Gasteiger partial charge in [-0.2, -0.15) is 18.7 Å². The minimum atomic E-state index is -1.02. The average molecular weight is 217 g/mol. The minimum absolute atomic E-state index is 0.0112. The van der Waals surface area contributed by atoms with E-state index in [9.17, 15) is 13.6 Å². The van der Waals surface area contributed by atoms with Crippen LogP contribution in [0.15, 0.2) is 0 Å². The third-order valence-corrected chi connectivity index (χ3v) is 1.65. The third-order valence-electron chi connectivity index (χ3n) is 1.65. The van der Waals surface area contributed by atoms with Crippen LogP contribution in [0.3, 0.4) is 0 Å². The summed E-state index contributed by atoms with van der Waals surface area (Å²) in [5.74, 6) is -3.19. The lowest BCUT2D eigenvalue weighted by Crippen LogP contribution is -2.12. The van der Waals surface area contributed by atoms with Gasteiger partial charge in [-0.25, -0.2) is 0 Å². The number of hydrogen-bond donors (Lipinski definition) is 2. The number of aliphatic carboxylic acids is 1. The quantitative estimate of drug-likeness (QED) is 0.734. The fourth-order valence-electron chi connectivity index (χ4n) is 0.824. The van der Waals surface area contributed by atoms with Crippen molar-refractivity contribution in [3.63, 3.8) is 0 Å². The second-order valence-corrected chi connectivity index (χ2v) is 2.82. The van der Waals surface area contributed by atoms with Crippen LogP contribution in [0.5, 0.6) is 0 Å². The maximum absolute atomic E-state index is 12.9. The van der Waals surface area contributed by atoms with Crippen molar-refractivity contribution < 1.29 is 18.7 Å². The van der Waals surface area contributed by atoms with Crippen LogP contribution in [0, 0.1) is 18.8 Å². The number of anilines is 1. The molecular weight excluding hydrogens is 208 g/mol. The Morgan fingerprint density at radius 1 is 1.40 bits per heavy atom. The molecule has 1 heterocycles. The average Bonchev–Trinajstić information content (AvgIpc) is 2.13. The summed E-state index contributed by atoms with van der Waals surface area (Å²) < 4.78 is 25.8. The SMILES string of the molecule is Cc1c(F)nc(NCCC(=O)O)nc1F. The molecule has 1 rings (SSSR count). The van der Waals surface area contributed by atoms with Gasteiger partial charge in [0.05, 0.1) is 12.0 Å². The number of nitrogens with zero attached hydrogens (tertiary/aromatic N) is 2. The Bertz CT molecular complexity index is 361. The molecule has 15 heavy (non-hydrogen) atoms. The van der Waals surface area contributed by atoms with E-state index < -0.39 is 17.9 Å². The molecule has 0 bridgehead atoms. The van der Waals surface area contributed by atoms with Crippen LogP contribution < -0.4 is 5.32 Å². The fourth-order valence-corrected chi connectivity index (χ4v) is 0.824. The minimum Gasteiger partial charge on any atom is -0.481 e. The molecule has 0 aliphatic carbocycles. The molecule has 0 saturated carbocycles. The van der Waals surface area contributed by atoms with E-state index in [-0.39, 0.29) is 24.5 Å². The van der Waals surface area contributed by atoms with Crippen molar-refractivity contribution in [3.05, 3.63) is 17.5 Å². The lowest BCUT2D eigenvalue weighted by atomic mass is 10.4. The monoisotopic (exact) mass is 217 g/mol. The van der Waals surface area contributed by atoms with Crippen LogP contribution in [0.25, 0.3) is 0 Å². The Hall–Kier alpha value is -1.79. The molecule has 82 valence electrons. The number of hydrogen-bond acceptors (Lipinski definition) is 4. The number of nitrogens with one attached hydrogen (secondary N) is 1. The predicted octanol–water partition coefficient (Wildman–Crippen LogP) is 0.950. The number of carboxylic acids is 1. The van der Waals surface area contributed by atoms with Crippen molar-refractivity contribution in [2.24, 2.45) is 0 Å². The summed E-state index contributed by atoms with van der Waals surface area (Å²) in [6.07, 6.45) is -0.180. The van der Waals surface area contributed by atoms with Gasteiger partial charge in [-0.15, -0.1) is 0 Å². The van der Waals surface area contributed by atoms with Gasteiger partial charge in [-0.05, 0) is 6.92 Å². The highest BCUT2D eigenvalue weighted by atomic mass is 19.1. The molecule has 1 aromatic heterocycles. The summed E-state index contributed by atoms with van der Waals surface area (Å²) in [5.41, 5.74) is -0.265. The zero-order valence-electron chi connectivity index (χ0n) is 7.92. The van der Waals surface area contributed by atoms with Crippen LogP contribution in [0.4, 0.5) is 14.7 Å². The van der Waals surface area contributed by atoms with Gasteiger partial charge in [0.1, 0.15) is 0 Å². The Morgan fingerprint density at radius 3 is 2.40 bits per heavy atom. The predicted molar refractivity (Wildman–Crippen MR) is 47.4 cm³/mol. The van der Waals surface area contributed by atoms with Crippen molar-refractivity contribution in [1.82, 2.24) is 9.97 Å². The maximum atomic E-state index is 12.9. The van der Waals surface area contributed by atoms with E-state index in [2.05, 4.69) is 15.3 Å². The van der Waals surface area contributed by atoms with Crippen molar-refractivity contribution in [2.45, 2.75) is 13.3 Å². The molecular formula is C8H9F2N3O2. The van der Waals surface area contributed by atoms with E-state index >= 15 is 0 Å². The molecule has 0 aliphatic heterocycles. The van der Waals surface area contributed by atoms with Crippen LogP contribution in [-0.4, -0.2) is 27.6 Å². The topological polar surface area (TPSA) is 75.1 Å². The number of carboxylic acid groups (broad SMARTS) is 1. The van der Waals surface area contributed by atoms with Gasteiger partial charge in [-0.1, -0.05) is 0 Å². The fraction of sp³-hybridized carbons (Fsp3) is 0.375. The smallest absolute Gasteiger partial charge is 0.305 e. The van der Waals surface area contributed by atoms with E-state index in [4.69, 9.17) is 5.11 Å². The van der Waals surface area contributed by atoms with Crippen LogP contribution >= 0.6 is 0 Å². The Labute approximate surface area is 84.2 Å². The van der Waals surface area contributed by atoms with Crippen molar-refractivity contribution in [2.75, 3.05) is 11.9 Å². The Kier molecular flexibility index (Phi) is 3.48. The zero-order valence-corrected chi connectivity index (χ0v) is 7.92. The van der Waals surface area contributed by atoms with Crippen LogP contribution in [0.1, 0.15) is 12.0 Å². The number of halogens is 2. The first-order valence-corrected chi connectivity index (χ1v) is 4.16. The number of rotatable bonds is 4.